The van der Waals surface area contributed by atoms with Gasteiger partial charge in [-0.3, -0.25) is 14.9 Å². The summed E-state index contributed by atoms with van der Waals surface area (Å²) in [5, 5.41) is 4.12. The Morgan fingerprint density at radius 3 is 2.06 bits per heavy atom. The first-order chi connectivity index (χ1) is 16.1. The smallest absolute Gasteiger partial charge is 0.326 e. The molecular weight excluding hydrogens is 582 g/mol. The van der Waals surface area contributed by atoms with Crippen molar-refractivity contribution in [3.63, 3.8) is 0 Å². The minimum atomic E-state index is -1.27. The number of urea groups is 2. The van der Waals surface area contributed by atoms with Crippen molar-refractivity contribution in [2.45, 2.75) is 0 Å². The van der Waals surface area contributed by atoms with Gasteiger partial charge in [-0.25, -0.2) is 23.3 Å². The number of anilines is 2. The first-order valence-electron chi connectivity index (χ1n) is 9.34. The quantitative estimate of drug-likeness (QED) is 0.385. The molecule has 3 aromatic rings. The van der Waals surface area contributed by atoms with Crippen LogP contribution >= 0.6 is 31.9 Å². The molecule has 8 nitrogen and oxygen atoms in total. The predicted molar refractivity (Wildman–Crippen MR) is 128 cm³/mol. The van der Waals surface area contributed by atoms with Gasteiger partial charge in [0.05, 0.1) is 5.69 Å². The molecule has 0 atom stereocenters. The Morgan fingerprint density at radius 2 is 1.50 bits per heavy atom. The molecule has 4 N–H and O–H groups in total. The molecule has 0 fully saturated rings. The molecule has 0 aliphatic carbocycles. The van der Waals surface area contributed by atoms with Crippen LogP contribution in [0.4, 0.5) is 29.7 Å². The number of nitrogens with zero attached hydrogens (tertiary/aromatic N) is 1. The van der Waals surface area contributed by atoms with E-state index in [2.05, 4.69) is 37.2 Å². The summed E-state index contributed by atoms with van der Waals surface area (Å²) in [5.41, 5.74) is 4.96. The standard InChI is InChI=1S/C22H14Br2F2N4O4/c23-12-6-9-17(14(24)10-12)30(21(27)33)20(32)11-4-7-13(8-5-11)28-22(34)29-19(31)18-15(25)2-1-3-16(18)26/h1-10H,(H2,27,33)(H2,28,29,31,34). The topological polar surface area (TPSA) is 122 Å². The third-order valence-electron chi connectivity index (χ3n) is 4.38. The summed E-state index contributed by atoms with van der Waals surface area (Å²) in [7, 11) is 0. The maximum Gasteiger partial charge on any atom is 0.326 e. The monoisotopic (exact) mass is 594 g/mol. The number of carbonyl (C=O) groups excluding carboxylic acids is 4. The maximum absolute atomic E-state index is 13.7. The summed E-state index contributed by atoms with van der Waals surface area (Å²) in [6.45, 7) is 0. The summed E-state index contributed by atoms with van der Waals surface area (Å²) in [6.07, 6.45) is 0. The predicted octanol–water partition coefficient (Wildman–Crippen LogP) is 5.18. The summed E-state index contributed by atoms with van der Waals surface area (Å²) in [6, 6.07) is 10.9. The maximum atomic E-state index is 13.7. The van der Waals surface area contributed by atoms with Gasteiger partial charge in [0.15, 0.2) is 0 Å². The van der Waals surface area contributed by atoms with E-state index in [1.807, 2.05) is 5.32 Å². The number of imide groups is 2. The van der Waals surface area contributed by atoms with Crippen LogP contribution in [0.1, 0.15) is 20.7 Å². The highest BCUT2D eigenvalue weighted by molar-refractivity contribution is 9.11. The number of amides is 6. The van der Waals surface area contributed by atoms with Gasteiger partial charge in [0.25, 0.3) is 11.8 Å². The van der Waals surface area contributed by atoms with Crippen molar-refractivity contribution >= 4 is 67.1 Å². The van der Waals surface area contributed by atoms with Gasteiger partial charge in [-0.2, -0.15) is 0 Å². The summed E-state index contributed by atoms with van der Waals surface area (Å²) >= 11 is 6.56. The van der Waals surface area contributed by atoms with Crippen molar-refractivity contribution in [2.24, 2.45) is 5.73 Å². The largest absolute Gasteiger partial charge is 0.351 e. The lowest BCUT2D eigenvalue weighted by Gasteiger charge is -2.20. The van der Waals surface area contributed by atoms with Crippen LogP contribution in [0.5, 0.6) is 0 Å². The zero-order valence-electron chi connectivity index (χ0n) is 16.9. The number of primary amides is 1. The highest BCUT2D eigenvalue weighted by atomic mass is 79.9. The number of nitrogens with two attached hydrogens (primary N) is 1. The second-order valence-electron chi connectivity index (χ2n) is 6.66. The summed E-state index contributed by atoms with van der Waals surface area (Å²) in [4.78, 5) is 49.7. The number of hydrogen-bond acceptors (Lipinski definition) is 4. The van der Waals surface area contributed by atoms with E-state index in [0.29, 0.717) is 8.95 Å². The third kappa shape index (κ3) is 5.64. The van der Waals surface area contributed by atoms with E-state index >= 15 is 0 Å². The molecule has 0 aromatic heterocycles. The van der Waals surface area contributed by atoms with Crippen LogP contribution in [0.3, 0.4) is 0 Å². The van der Waals surface area contributed by atoms with E-state index in [4.69, 9.17) is 5.73 Å². The Kier molecular flexibility index (Phi) is 7.74. The Hall–Kier alpha value is -3.64. The molecule has 0 aliphatic rings. The summed E-state index contributed by atoms with van der Waals surface area (Å²) < 4.78 is 28.5. The van der Waals surface area contributed by atoms with E-state index < -0.39 is 41.1 Å². The molecule has 0 radical (unpaired) electrons. The first kappa shape index (κ1) is 25.0. The number of carbonyl (C=O) groups is 4. The molecule has 0 spiro atoms. The second kappa shape index (κ2) is 10.5. The number of rotatable bonds is 4. The van der Waals surface area contributed by atoms with Gasteiger partial charge in [-0.1, -0.05) is 22.0 Å². The SMILES string of the molecule is NC(=O)N(C(=O)c1ccc(NC(=O)NC(=O)c2c(F)cccc2F)cc1)c1ccc(Br)cc1Br. The number of hydrogen-bond donors (Lipinski definition) is 3. The van der Waals surface area contributed by atoms with E-state index in [-0.39, 0.29) is 16.9 Å². The van der Waals surface area contributed by atoms with E-state index in [9.17, 15) is 28.0 Å². The lowest BCUT2D eigenvalue weighted by molar-refractivity contribution is 0.0956. The Labute approximate surface area is 208 Å². The van der Waals surface area contributed by atoms with Crippen LogP contribution in [-0.4, -0.2) is 23.9 Å². The average molecular weight is 596 g/mol. The van der Waals surface area contributed by atoms with Crippen LogP contribution in [0, 0.1) is 11.6 Å². The Morgan fingerprint density at radius 1 is 0.882 bits per heavy atom. The average Bonchev–Trinajstić information content (AvgIpc) is 2.75. The minimum absolute atomic E-state index is 0.0732. The minimum Gasteiger partial charge on any atom is -0.351 e. The number of nitrogens with one attached hydrogen (secondary N) is 2. The molecular formula is C22H14Br2F2N4O4. The van der Waals surface area contributed by atoms with Gasteiger partial charge < -0.3 is 11.1 Å². The van der Waals surface area contributed by atoms with Crippen LogP contribution in [0.15, 0.2) is 69.6 Å². The van der Waals surface area contributed by atoms with Crippen LogP contribution in [0.2, 0.25) is 0 Å². The highest BCUT2D eigenvalue weighted by Gasteiger charge is 2.25. The van der Waals surface area contributed by atoms with Crippen molar-refractivity contribution in [3.8, 4) is 0 Å². The van der Waals surface area contributed by atoms with Gasteiger partial charge in [-0.15, -0.1) is 0 Å². The molecule has 0 unspecified atom stereocenters. The van der Waals surface area contributed by atoms with E-state index in [0.717, 1.165) is 23.1 Å². The lowest BCUT2D eigenvalue weighted by Crippen LogP contribution is -2.41. The molecule has 3 rings (SSSR count). The molecule has 34 heavy (non-hydrogen) atoms. The van der Waals surface area contributed by atoms with Gasteiger partial charge in [0, 0.05) is 20.2 Å². The third-order valence-corrected chi connectivity index (χ3v) is 5.51. The van der Waals surface area contributed by atoms with Crippen molar-refractivity contribution in [2.75, 3.05) is 10.2 Å². The lowest BCUT2D eigenvalue weighted by atomic mass is 10.1. The Balaban J connectivity index is 1.72. The zero-order chi connectivity index (χ0) is 25.0. The molecule has 0 bridgehead atoms. The molecule has 0 saturated carbocycles. The molecule has 6 amide bonds. The fourth-order valence-electron chi connectivity index (χ4n) is 2.86. The van der Waals surface area contributed by atoms with Crippen LogP contribution < -0.4 is 21.3 Å². The molecule has 0 saturated heterocycles. The van der Waals surface area contributed by atoms with E-state index in [1.165, 1.54) is 30.3 Å². The van der Waals surface area contributed by atoms with Crippen molar-refractivity contribution < 1.29 is 28.0 Å². The molecule has 174 valence electrons. The van der Waals surface area contributed by atoms with Crippen molar-refractivity contribution in [1.29, 1.82) is 0 Å². The fraction of sp³-hybridized carbons (Fsp3) is 0. The van der Waals surface area contributed by atoms with Gasteiger partial charge in [0.2, 0.25) is 0 Å². The Bertz CT molecular complexity index is 1280. The van der Waals surface area contributed by atoms with Crippen molar-refractivity contribution in [1.82, 2.24) is 5.32 Å². The van der Waals surface area contributed by atoms with Gasteiger partial charge in [-0.05, 0) is 70.5 Å². The molecule has 3 aromatic carbocycles. The number of benzene rings is 3. The normalized spacial score (nSPS) is 10.4. The molecule has 0 aliphatic heterocycles. The van der Waals surface area contributed by atoms with Crippen molar-refractivity contribution in [3.05, 3.63) is 92.4 Å². The second-order valence-corrected chi connectivity index (χ2v) is 8.43. The fourth-order valence-corrected chi connectivity index (χ4v) is 4.08. The number of halogens is 4. The van der Waals surface area contributed by atoms with Crippen LogP contribution in [0.25, 0.3) is 0 Å². The van der Waals surface area contributed by atoms with E-state index in [1.54, 1.807) is 12.1 Å². The molecule has 0 heterocycles. The first-order valence-corrected chi connectivity index (χ1v) is 10.9. The van der Waals surface area contributed by atoms with Gasteiger partial charge >= 0.3 is 12.1 Å². The summed E-state index contributed by atoms with van der Waals surface area (Å²) in [5.74, 6) is -4.23. The molecule has 12 heteroatoms. The zero-order valence-corrected chi connectivity index (χ0v) is 20.1. The highest BCUT2D eigenvalue weighted by Crippen LogP contribution is 2.30. The van der Waals surface area contributed by atoms with Gasteiger partial charge in [0.1, 0.15) is 17.2 Å². The van der Waals surface area contributed by atoms with Crippen LogP contribution in [-0.2, 0) is 0 Å².